The smallest absolute Gasteiger partial charge is 0.664 e. The molecule has 0 aromatic rings. The van der Waals surface area contributed by atoms with E-state index in [1.807, 2.05) is 14.1 Å². The van der Waals surface area contributed by atoms with Crippen LogP contribution in [-0.2, 0) is 21.7 Å². The molecule has 0 aliphatic rings. The van der Waals surface area contributed by atoms with Gasteiger partial charge in [-0.3, -0.25) is 0 Å². The quantitative estimate of drug-likeness (QED) is 0.733. The molecule has 0 aliphatic carbocycles. The Kier molecular flexibility index (Phi) is 34.5. The number of rotatable bonds is 6. The summed E-state index contributed by atoms with van der Waals surface area (Å²) < 4.78 is 0. The number of nitrogens with zero attached hydrogens (tertiary/aromatic N) is 3. The van der Waals surface area contributed by atoms with Gasteiger partial charge < -0.3 is 25.7 Å². The van der Waals surface area contributed by atoms with Crippen molar-refractivity contribution in [2.45, 2.75) is 39.9 Å². The van der Waals surface area contributed by atoms with Crippen LogP contribution in [0.2, 0.25) is 0 Å². The third kappa shape index (κ3) is 69.7. The van der Waals surface area contributed by atoms with Crippen LogP contribution in [0.1, 0.15) is 27.7 Å². The number of aliphatic hydroxyl groups is 2. The molecule has 0 spiro atoms. The molecule has 19 heavy (non-hydrogen) atoms. The van der Waals surface area contributed by atoms with Crippen molar-refractivity contribution in [1.82, 2.24) is 4.90 Å². The van der Waals surface area contributed by atoms with Crippen LogP contribution in [-0.4, -0.2) is 74.6 Å². The van der Waals surface area contributed by atoms with Crippen LogP contribution in [0.5, 0.6) is 0 Å². The first-order valence-electron chi connectivity index (χ1n) is 6.43. The van der Waals surface area contributed by atoms with E-state index >= 15 is 0 Å². The van der Waals surface area contributed by atoms with E-state index < -0.39 is 0 Å². The molecule has 0 saturated carbocycles. The van der Waals surface area contributed by atoms with E-state index in [4.69, 9.17) is 10.2 Å². The molecule has 0 amide bonds. The summed E-state index contributed by atoms with van der Waals surface area (Å²) in [6, 6.07) is 0. The maximum absolute atomic E-state index is 8.06. The second kappa shape index (κ2) is 23.6. The van der Waals surface area contributed by atoms with Gasteiger partial charge >= 0.3 is 21.7 Å². The Balaban J connectivity index is -0.000000105. The molecule has 116 valence electrons. The Labute approximate surface area is 135 Å². The second-order valence-corrected chi connectivity index (χ2v) is 4.57. The predicted octanol–water partition coefficient (Wildman–Crippen LogP) is 1.70. The Bertz CT molecular complexity index is 120. The van der Waals surface area contributed by atoms with Gasteiger partial charge in [-0.15, -0.1) is 13.1 Å². The van der Waals surface area contributed by atoms with E-state index in [0.717, 1.165) is 26.2 Å². The maximum atomic E-state index is 8.06. The zero-order valence-corrected chi connectivity index (χ0v) is 15.3. The van der Waals surface area contributed by atoms with Gasteiger partial charge in [0.1, 0.15) is 0 Å². The Morgan fingerprint density at radius 3 is 1.21 bits per heavy atom. The van der Waals surface area contributed by atoms with Crippen molar-refractivity contribution in [2.24, 2.45) is 0 Å². The molecule has 0 unspecified atom stereocenters. The van der Waals surface area contributed by atoms with E-state index in [0.29, 0.717) is 0 Å². The normalized spacial score (nSPS) is 9.47. The van der Waals surface area contributed by atoms with Gasteiger partial charge in [-0.1, -0.05) is 0 Å². The van der Waals surface area contributed by atoms with Gasteiger partial charge in [0.2, 0.25) is 0 Å². The largest absolute Gasteiger partial charge is 2.00 e. The van der Waals surface area contributed by atoms with Crippen molar-refractivity contribution in [2.75, 3.05) is 47.3 Å². The van der Waals surface area contributed by atoms with E-state index in [2.05, 4.69) is 22.6 Å². The molecule has 0 atom stereocenters. The Morgan fingerprint density at radius 2 is 1.05 bits per heavy atom. The third-order valence-electron chi connectivity index (χ3n) is 1.41. The summed E-state index contributed by atoms with van der Waals surface area (Å²) in [5, 5.41) is 24.1. The van der Waals surface area contributed by atoms with Gasteiger partial charge in [0.15, 0.2) is 0 Å². The molecule has 0 aromatic heterocycles. The minimum atomic E-state index is -0.167. The summed E-state index contributed by atoms with van der Waals surface area (Å²) in [6.45, 7) is 10.8. The van der Waals surface area contributed by atoms with Crippen LogP contribution in [0.3, 0.4) is 0 Å². The van der Waals surface area contributed by atoms with Crippen LogP contribution in [0.15, 0.2) is 0 Å². The minimum absolute atomic E-state index is 0. The molecule has 0 aromatic carbocycles. The number of aliphatic hydroxyl groups excluding tert-OH is 2. The van der Waals surface area contributed by atoms with Gasteiger partial charge in [-0.05, 0) is 47.8 Å². The fraction of sp³-hybridized carbons (Fsp3) is 1.00. The number of hydrogen-bond donors (Lipinski definition) is 2. The fourth-order valence-corrected chi connectivity index (χ4v) is 0.653. The van der Waals surface area contributed by atoms with Crippen LogP contribution in [0.25, 0.3) is 10.6 Å². The summed E-state index contributed by atoms with van der Waals surface area (Å²) in [5.74, 6) is 0. The SMILES string of the molecule is CC(C)O.CC(C)O.C[N-]CCN(C)CC[N-]C.[Ti+2]. The van der Waals surface area contributed by atoms with Crippen molar-refractivity contribution in [3.05, 3.63) is 10.6 Å². The molecule has 0 heterocycles. The molecular formula is C13H33N3O2Ti. The van der Waals surface area contributed by atoms with E-state index in [1.54, 1.807) is 27.7 Å². The Morgan fingerprint density at radius 1 is 0.842 bits per heavy atom. The van der Waals surface area contributed by atoms with Gasteiger partial charge in [-0.2, -0.15) is 14.1 Å². The molecular weight excluding hydrogens is 278 g/mol. The van der Waals surface area contributed by atoms with Gasteiger partial charge in [0.25, 0.3) is 0 Å². The average molecular weight is 311 g/mol. The summed E-state index contributed by atoms with van der Waals surface area (Å²) in [5.41, 5.74) is 0. The van der Waals surface area contributed by atoms with E-state index in [-0.39, 0.29) is 33.9 Å². The molecule has 2 N–H and O–H groups in total. The van der Waals surface area contributed by atoms with Gasteiger partial charge in [0, 0.05) is 12.2 Å². The number of hydrogen-bond acceptors (Lipinski definition) is 3. The second-order valence-electron chi connectivity index (χ2n) is 4.57. The molecule has 5 nitrogen and oxygen atoms in total. The van der Waals surface area contributed by atoms with Crippen LogP contribution < -0.4 is 0 Å². The monoisotopic (exact) mass is 311 g/mol. The first kappa shape index (κ1) is 27.8. The molecule has 0 rings (SSSR count). The minimum Gasteiger partial charge on any atom is -0.664 e. The summed E-state index contributed by atoms with van der Waals surface area (Å²) in [7, 11) is 5.78. The first-order valence-corrected chi connectivity index (χ1v) is 6.43. The average Bonchev–Trinajstić information content (AvgIpc) is 2.21. The van der Waals surface area contributed by atoms with Crippen molar-refractivity contribution < 1.29 is 31.9 Å². The van der Waals surface area contributed by atoms with E-state index in [9.17, 15) is 0 Å². The van der Waals surface area contributed by atoms with Crippen LogP contribution in [0.4, 0.5) is 0 Å². The third-order valence-corrected chi connectivity index (χ3v) is 1.41. The Hall–Kier alpha value is 0.514. The molecule has 0 saturated heterocycles. The predicted molar refractivity (Wildman–Crippen MR) is 80.5 cm³/mol. The van der Waals surface area contributed by atoms with Crippen molar-refractivity contribution in [3.63, 3.8) is 0 Å². The van der Waals surface area contributed by atoms with Crippen LogP contribution >= 0.6 is 0 Å². The van der Waals surface area contributed by atoms with Crippen molar-refractivity contribution >= 4 is 0 Å². The molecule has 0 radical (unpaired) electrons. The number of likely N-dealkylation sites (N-methyl/N-ethyl adjacent to an activating group) is 3. The zero-order chi connectivity index (χ0) is 15.0. The summed E-state index contributed by atoms with van der Waals surface area (Å²) >= 11 is 0. The van der Waals surface area contributed by atoms with E-state index in [1.165, 1.54) is 0 Å². The van der Waals surface area contributed by atoms with Gasteiger partial charge in [0.05, 0.1) is 0 Å². The fourth-order valence-electron chi connectivity index (χ4n) is 0.653. The summed E-state index contributed by atoms with van der Waals surface area (Å²) in [4.78, 5) is 2.24. The molecule has 0 fully saturated rings. The summed E-state index contributed by atoms with van der Waals surface area (Å²) in [6.07, 6.45) is -0.333. The van der Waals surface area contributed by atoms with Gasteiger partial charge in [-0.25, -0.2) is 0 Å². The topological polar surface area (TPSA) is 71.9 Å². The van der Waals surface area contributed by atoms with Crippen molar-refractivity contribution in [3.8, 4) is 0 Å². The molecule has 6 heteroatoms. The van der Waals surface area contributed by atoms with Crippen LogP contribution in [0, 0.1) is 0 Å². The molecule has 0 bridgehead atoms. The first-order chi connectivity index (χ1) is 8.27. The molecule has 0 aliphatic heterocycles. The van der Waals surface area contributed by atoms with Crippen molar-refractivity contribution in [1.29, 1.82) is 0 Å². The maximum Gasteiger partial charge on any atom is 2.00 e. The zero-order valence-electron chi connectivity index (χ0n) is 13.7. The standard InChI is InChI=1S/C7H17N3.2C3H8O.Ti/c1-8-4-6-10(3)7-5-9-2;2*1-3(2)4;/h4-7H2,1-3H3;2*3-4H,1-2H3;/q-2;;;+2.